The fraction of sp³-hybridized carbons (Fsp3) is 0.312. The van der Waals surface area contributed by atoms with E-state index in [0.29, 0.717) is 30.4 Å². The first-order valence-electron chi connectivity index (χ1n) is 7.47. The van der Waals surface area contributed by atoms with Crippen LogP contribution in [0.4, 0.5) is 0 Å². The molecular weight excluding hydrogens is 314 g/mol. The van der Waals surface area contributed by atoms with Gasteiger partial charge in [0.15, 0.2) is 11.6 Å². The molecule has 0 spiro atoms. The van der Waals surface area contributed by atoms with Gasteiger partial charge in [0.25, 0.3) is 5.89 Å². The third kappa shape index (κ3) is 2.92. The topological polar surface area (TPSA) is 72.4 Å². The number of nitrogens with zero attached hydrogens (tertiary/aromatic N) is 3. The Morgan fingerprint density at radius 1 is 1.35 bits per heavy atom. The maximum Gasteiger partial charge on any atom is 0.293 e. The van der Waals surface area contributed by atoms with Gasteiger partial charge >= 0.3 is 0 Å². The van der Waals surface area contributed by atoms with Crippen LogP contribution in [0.3, 0.4) is 0 Å². The van der Waals surface area contributed by atoms with Gasteiger partial charge in [-0.25, -0.2) is 0 Å². The minimum Gasteiger partial charge on any atom is -0.459 e. The summed E-state index contributed by atoms with van der Waals surface area (Å²) in [5.41, 5.74) is 0. The molecular formula is C16H15N3O3S. The summed E-state index contributed by atoms with van der Waals surface area (Å²) in [5.74, 6) is 1.61. The number of hydrogen-bond acceptors (Lipinski definition) is 6. The number of hydrogen-bond donors (Lipinski definition) is 0. The fourth-order valence-corrected chi connectivity index (χ4v) is 3.46. The van der Waals surface area contributed by atoms with E-state index in [1.54, 1.807) is 29.7 Å². The highest BCUT2D eigenvalue weighted by molar-refractivity contribution is 7.09. The molecule has 1 amide bonds. The molecule has 3 aromatic rings. The molecule has 0 aliphatic carbocycles. The van der Waals surface area contributed by atoms with Crippen LogP contribution in [-0.4, -0.2) is 34.0 Å². The molecule has 7 heteroatoms. The Balaban J connectivity index is 1.42. The summed E-state index contributed by atoms with van der Waals surface area (Å²) in [4.78, 5) is 19.7. The van der Waals surface area contributed by atoms with Crippen molar-refractivity contribution in [2.24, 2.45) is 0 Å². The van der Waals surface area contributed by atoms with E-state index in [4.69, 9.17) is 8.94 Å². The van der Waals surface area contributed by atoms with Crippen LogP contribution in [0.25, 0.3) is 11.7 Å². The third-order valence-electron chi connectivity index (χ3n) is 3.96. The Morgan fingerprint density at radius 2 is 2.30 bits per heavy atom. The van der Waals surface area contributed by atoms with Gasteiger partial charge in [0, 0.05) is 30.3 Å². The average Bonchev–Trinajstić information content (AvgIpc) is 3.32. The van der Waals surface area contributed by atoms with Crippen LogP contribution >= 0.6 is 11.3 Å². The Hall–Kier alpha value is -2.41. The lowest BCUT2D eigenvalue weighted by Gasteiger charge is -2.15. The van der Waals surface area contributed by atoms with Crippen molar-refractivity contribution in [1.29, 1.82) is 0 Å². The van der Waals surface area contributed by atoms with E-state index in [2.05, 4.69) is 21.6 Å². The highest BCUT2D eigenvalue weighted by atomic mass is 32.1. The molecule has 1 aliphatic heterocycles. The van der Waals surface area contributed by atoms with Gasteiger partial charge in [-0.05, 0) is 30.0 Å². The summed E-state index contributed by atoms with van der Waals surface area (Å²) >= 11 is 1.72. The summed E-state index contributed by atoms with van der Waals surface area (Å²) in [5, 5.41) is 6.07. The molecule has 0 saturated carbocycles. The Kier molecular flexibility index (Phi) is 3.70. The first-order valence-corrected chi connectivity index (χ1v) is 8.35. The highest BCUT2D eigenvalue weighted by Gasteiger charge is 2.33. The van der Waals surface area contributed by atoms with Crippen molar-refractivity contribution in [1.82, 2.24) is 15.0 Å². The summed E-state index contributed by atoms with van der Waals surface area (Å²) in [6, 6.07) is 7.66. The largest absolute Gasteiger partial charge is 0.459 e. The van der Waals surface area contributed by atoms with E-state index in [1.807, 2.05) is 11.0 Å². The fourth-order valence-electron chi connectivity index (χ4n) is 2.76. The zero-order valence-electron chi connectivity index (χ0n) is 12.3. The first-order chi connectivity index (χ1) is 11.3. The van der Waals surface area contributed by atoms with Crippen LogP contribution in [0, 0.1) is 0 Å². The Bertz CT molecular complexity index is 779. The van der Waals surface area contributed by atoms with Gasteiger partial charge in [-0.3, -0.25) is 4.79 Å². The van der Waals surface area contributed by atoms with Crippen molar-refractivity contribution in [3.63, 3.8) is 0 Å². The molecule has 4 rings (SSSR count). The van der Waals surface area contributed by atoms with Crippen LogP contribution in [0.5, 0.6) is 0 Å². The number of likely N-dealkylation sites (tertiary alicyclic amines) is 1. The molecule has 4 heterocycles. The SMILES string of the molecule is O=C1CC(c2noc(-c3ccco3)n2)CN1CCc1cccs1. The summed E-state index contributed by atoms with van der Waals surface area (Å²) in [6.45, 7) is 1.38. The molecule has 0 aromatic carbocycles. The van der Waals surface area contributed by atoms with Crippen LogP contribution in [0.1, 0.15) is 23.0 Å². The van der Waals surface area contributed by atoms with Gasteiger partial charge in [0.2, 0.25) is 5.91 Å². The minimum atomic E-state index is -0.0155. The van der Waals surface area contributed by atoms with E-state index in [9.17, 15) is 4.79 Å². The molecule has 6 nitrogen and oxygen atoms in total. The molecule has 1 unspecified atom stereocenters. The quantitative estimate of drug-likeness (QED) is 0.719. The number of furan rings is 1. The van der Waals surface area contributed by atoms with Gasteiger partial charge in [-0.1, -0.05) is 11.2 Å². The smallest absolute Gasteiger partial charge is 0.293 e. The third-order valence-corrected chi connectivity index (χ3v) is 4.90. The van der Waals surface area contributed by atoms with E-state index < -0.39 is 0 Å². The molecule has 1 fully saturated rings. The number of carbonyl (C=O) groups excluding carboxylic acids is 1. The second kappa shape index (κ2) is 6.00. The average molecular weight is 329 g/mol. The zero-order chi connectivity index (χ0) is 15.6. The van der Waals surface area contributed by atoms with Crippen molar-refractivity contribution in [3.8, 4) is 11.7 Å². The normalized spacial score (nSPS) is 18.0. The predicted molar refractivity (Wildman–Crippen MR) is 84.0 cm³/mol. The van der Waals surface area contributed by atoms with Crippen molar-refractivity contribution in [3.05, 3.63) is 46.6 Å². The van der Waals surface area contributed by atoms with Crippen molar-refractivity contribution < 1.29 is 13.7 Å². The highest BCUT2D eigenvalue weighted by Crippen LogP contribution is 2.28. The van der Waals surface area contributed by atoms with Gasteiger partial charge in [-0.15, -0.1) is 11.3 Å². The monoisotopic (exact) mass is 329 g/mol. The lowest BCUT2D eigenvalue weighted by Crippen LogP contribution is -2.27. The molecule has 0 bridgehead atoms. The Labute approximate surface area is 136 Å². The standard InChI is InChI=1S/C16H15N3O3S/c20-14-9-11(10-19(14)6-5-12-3-2-8-23-12)15-17-16(22-18-15)13-4-1-7-21-13/h1-4,7-8,11H,5-6,9-10H2. The summed E-state index contributed by atoms with van der Waals surface area (Å²) in [7, 11) is 0. The molecule has 1 atom stereocenters. The first kappa shape index (κ1) is 14.2. The Morgan fingerprint density at radius 3 is 3.09 bits per heavy atom. The molecule has 23 heavy (non-hydrogen) atoms. The van der Waals surface area contributed by atoms with Gasteiger partial charge in [0.05, 0.1) is 6.26 Å². The molecule has 118 valence electrons. The summed E-state index contributed by atoms with van der Waals surface area (Å²) < 4.78 is 10.5. The van der Waals surface area contributed by atoms with Crippen molar-refractivity contribution in [2.75, 3.05) is 13.1 Å². The van der Waals surface area contributed by atoms with Gasteiger partial charge in [-0.2, -0.15) is 4.98 Å². The second-order valence-corrected chi connectivity index (χ2v) is 6.54. The lowest BCUT2D eigenvalue weighted by molar-refractivity contribution is -0.127. The van der Waals surface area contributed by atoms with E-state index >= 15 is 0 Å². The number of thiophene rings is 1. The van der Waals surface area contributed by atoms with Gasteiger partial charge < -0.3 is 13.8 Å². The maximum atomic E-state index is 12.2. The second-order valence-electron chi connectivity index (χ2n) is 5.51. The van der Waals surface area contributed by atoms with Crippen molar-refractivity contribution >= 4 is 17.2 Å². The number of rotatable bonds is 5. The zero-order valence-corrected chi connectivity index (χ0v) is 13.2. The number of amides is 1. The number of carbonyl (C=O) groups is 1. The summed E-state index contributed by atoms with van der Waals surface area (Å²) in [6.07, 6.45) is 2.88. The molecule has 1 saturated heterocycles. The van der Waals surface area contributed by atoms with Crippen molar-refractivity contribution in [2.45, 2.75) is 18.8 Å². The minimum absolute atomic E-state index is 0.0155. The maximum absolute atomic E-state index is 12.2. The lowest BCUT2D eigenvalue weighted by atomic mass is 10.1. The van der Waals surface area contributed by atoms with Gasteiger partial charge in [0.1, 0.15) is 0 Å². The van der Waals surface area contributed by atoms with Crippen LogP contribution in [0.15, 0.2) is 44.8 Å². The van der Waals surface area contributed by atoms with E-state index in [-0.39, 0.29) is 11.8 Å². The molecule has 0 N–H and O–H groups in total. The van der Waals surface area contributed by atoms with Crippen LogP contribution < -0.4 is 0 Å². The molecule has 0 radical (unpaired) electrons. The molecule has 1 aliphatic rings. The number of aromatic nitrogens is 2. The van der Waals surface area contributed by atoms with Crippen LogP contribution in [0.2, 0.25) is 0 Å². The molecule has 3 aromatic heterocycles. The van der Waals surface area contributed by atoms with E-state index in [1.165, 1.54) is 4.88 Å². The van der Waals surface area contributed by atoms with Crippen LogP contribution in [-0.2, 0) is 11.2 Å². The predicted octanol–water partition coefficient (Wildman–Crippen LogP) is 2.95. The van der Waals surface area contributed by atoms with E-state index in [0.717, 1.165) is 13.0 Å².